The Morgan fingerprint density at radius 3 is 2.67 bits per heavy atom. The summed E-state index contributed by atoms with van der Waals surface area (Å²) in [5.41, 5.74) is 3.25. The Morgan fingerprint density at radius 1 is 1.12 bits per heavy atom. The number of anilines is 2. The molecule has 1 aliphatic heterocycles. The van der Waals surface area contributed by atoms with Crippen LogP contribution in [0.2, 0.25) is 0 Å². The fourth-order valence-corrected chi connectivity index (χ4v) is 2.70. The maximum atomic E-state index is 12.2. The van der Waals surface area contributed by atoms with Crippen LogP contribution in [0.25, 0.3) is 0 Å². The second-order valence-electron chi connectivity index (χ2n) is 5.51. The predicted molar refractivity (Wildman–Crippen MR) is 90.7 cm³/mol. The van der Waals surface area contributed by atoms with E-state index in [9.17, 15) is 9.59 Å². The molecule has 0 spiro atoms. The molecule has 2 N–H and O–H groups in total. The molecule has 0 radical (unpaired) electrons. The van der Waals surface area contributed by atoms with E-state index >= 15 is 0 Å². The van der Waals surface area contributed by atoms with Gasteiger partial charge in [-0.3, -0.25) is 9.59 Å². The molecule has 2 amide bonds. The Bertz CT molecular complexity index is 802. The van der Waals surface area contributed by atoms with Gasteiger partial charge in [-0.1, -0.05) is 12.1 Å². The molecule has 6 heteroatoms. The van der Waals surface area contributed by atoms with Crippen LogP contribution in [0.3, 0.4) is 0 Å². The van der Waals surface area contributed by atoms with Gasteiger partial charge in [0.05, 0.1) is 27.1 Å². The molecule has 0 aliphatic carbocycles. The van der Waals surface area contributed by atoms with Crippen LogP contribution >= 0.6 is 0 Å². The van der Waals surface area contributed by atoms with Crippen molar-refractivity contribution in [1.82, 2.24) is 0 Å². The first-order valence-electron chi connectivity index (χ1n) is 7.52. The Labute approximate surface area is 139 Å². The minimum absolute atomic E-state index is 0.0167. The molecule has 3 rings (SSSR count). The molecule has 0 bridgehead atoms. The zero-order valence-corrected chi connectivity index (χ0v) is 13.5. The number of amides is 2. The lowest BCUT2D eigenvalue weighted by Crippen LogP contribution is -2.14. The van der Waals surface area contributed by atoms with Crippen molar-refractivity contribution in [2.75, 3.05) is 24.9 Å². The number of hydrogen-bond acceptors (Lipinski definition) is 4. The van der Waals surface area contributed by atoms with E-state index in [4.69, 9.17) is 9.47 Å². The Morgan fingerprint density at radius 2 is 1.92 bits per heavy atom. The number of rotatable bonds is 5. The summed E-state index contributed by atoms with van der Waals surface area (Å²) in [5, 5.41) is 5.61. The van der Waals surface area contributed by atoms with Crippen LogP contribution in [0.4, 0.5) is 11.4 Å². The van der Waals surface area contributed by atoms with Gasteiger partial charge in [-0.05, 0) is 29.3 Å². The van der Waals surface area contributed by atoms with Crippen LogP contribution in [0, 0.1) is 0 Å². The Kier molecular flexibility index (Phi) is 4.37. The lowest BCUT2D eigenvalue weighted by molar-refractivity contribution is -0.116. The first kappa shape index (κ1) is 15.9. The van der Waals surface area contributed by atoms with E-state index in [1.165, 1.54) is 0 Å². The summed E-state index contributed by atoms with van der Waals surface area (Å²) >= 11 is 0. The maximum absolute atomic E-state index is 12.2. The molecule has 24 heavy (non-hydrogen) atoms. The third-order valence-electron chi connectivity index (χ3n) is 3.83. The van der Waals surface area contributed by atoms with Gasteiger partial charge in [-0.2, -0.15) is 0 Å². The van der Waals surface area contributed by atoms with E-state index in [1.54, 1.807) is 32.4 Å². The number of nitrogens with one attached hydrogen (secondary N) is 2. The highest BCUT2D eigenvalue weighted by Crippen LogP contribution is 2.30. The summed E-state index contributed by atoms with van der Waals surface area (Å²) < 4.78 is 10.4. The maximum Gasteiger partial charge on any atom is 0.228 e. The van der Waals surface area contributed by atoms with E-state index in [1.807, 2.05) is 18.2 Å². The van der Waals surface area contributed by atoms with Crippen LogP contribution in [0.5, 0.6) is 11.5 Å². The molecule has 0 atom stereocenters. The van der Waals surface area contributed by atoms with Crippen molar-refractivity contribution in [2.24, 2.45) is 0 Å². The second-order valence-corrected chi connectivity index (χ2v) is 5.51. The predicted octanol–water partition coefficient (Wildman–Crippen LogP) is 2.38. The van der Waals surface area contributed by atoms with Crippen LogP contribution < -0.4 is 20.1 Å². The quantitative estimate of drug-likeness (QED) is 0.884. The smallest absolute Gasteiger partial charge is 0.228 e. The highest BCUT2D eigenvalue weighted by atomic mass is 16.5. The molecule has 124 valence electrons. The van der Waals surface area contributed by atoms with Gasteiger partial charge in [0, 0.05) is 17.4 Å². The summed E-state index contributed by atoms with van der Waals surface area (Å²) in [6.45, 7) is 0. The standard InChI is InChI=1S/C18H18N2O4/c1-23-15-6-4-13(10-16(15)24-2)19-17(21)8-11-3-5-14-12(7-11)9-18(22)20-14/h3-7,10H,8-9H2,1-2H3,(H,19,21)(H,20,22). The van der Waals surface area contributed by atoms with Crippen molar-refractivity contribution >= 4 is 23.2 Å². The largest absolute Gasteiger partial charge is 0.493 e. The van der Waals surface area contributed by atoms with Gasteiger partial charge in [0.15, 0.2) is 11.5 Å². The molecule has 2 aromatic rings. The highest BCUT2D eigenvalue weighted by molar-refractivity contribution is 5.99. The number of carbonyl (C=O) groups is 2. The molecule has 1 heterocycles. The molecule has 2 aromatic carbocycles. The molecule has 0 unspecified atom stereocenters. The van der Waals surface area contributed by atoms with Gasteiger partial charge >= 0.3 is 0 Å². The molecule has 1 aliphatic rings. The summed E-state index contributed by atoms with van der Waals surface area (Å²) in [4.78, 5) is 23.6. The van der Waals surface area contributed by atoms with Gasteiger partial charge in [-0.25, -0.2) is 0 Å². The van der Waals surface area contributed by atoms with Gasteiger partial charge < -0.3 is 20.1 Å². The fourth-order valence-electron chi connectivity index (χ4n) is 2.70. The van der Waals surface area contributed by atoms with E-state index in [0.717, 1.165) is 16.8 Å². The molecule has 0 fully saturated rings. The number of hydrogen-bond donors (Lipinski definition) is 2. The number of fused-ring (bicyclic) bond motifs is 1. The molecular formula is C18H18N2O4. The minimum Gasteiger partial charge on any atom is -0.493 e. The molecule has 0 aromatic heterocycles. The topological polar surface area (TPSA) is 76.7 Å². The third-order valence-corrected chi connectivity index (χ3v) is 3.83. The van der Waals surface area contributed by atoms with Crippen LogP contribution in [-0.2, 0) is 22.4 Å². The van der Waals surface area contributed by atoms with E-state index < -0.39 is 0 Å². The first-order chi connectivity index (χ1) is 11.6. The molecule has 0 saturated carbocycles. The van der Waals surface area contributed by atoms with Crippen molar-refractivity contribution in [3.05, 3.63) is 47.5 Å². The van der Waals surface area contributed by atoms with Gasteiger partial charge in [0.2, 0.25) is 11.8 Å². The number of benzene rings is 2. The monoisotopic (exact) mass is 326 g/mol. The number of methoxy groups -OCH3 is 2. The highest BCUT2D eigenvalue weighted by Gasteiger charge is 2.18. The molecular weight excluding hydrogens is 308 g/mol. The van der Waals surface area contributed by atoms with Crippen molar-refractivity contribution in [1.29, 1.82) is 0 Å². The van der Waals surface area contributed by atoms with Gasteiger partial charge in [-0.15, -0.1) is 0 Å². The number of ether oxygens (including phenoxy) is 2. The van der Waals surface area contributed by atoms with Crippen LogP contribution in [0.1, 0.15) is 11.1 Å². The van der Waals surface area contributed by atoms with Crippen molar-refractivity contribution < 1.29 is 19.1 Å². The summed E-state index contributed by atoms with van der Waals surface area (Å²) in [5.74, 6) is 1.00. The van der Waals surface area contributed by atoms with Gasteiger partial charge in [0.25, 0.3) is 0 Å². The average Bonchev–Trinajstić information content (AvgIpc) is 2.93. The van der Waals surface area contributed by atoms with Crippen molar-refractivity contribution in [2.45, 2.75) is 12.8 Å². The second kappa shape index (κ2) is 6.62. The molecule has 0 saturated heterocycles. The normalized spacial score (nSPS) is 12.3. The minimum atomic E-state index is -0.139. The Balaban J connectivity index is 1.68. The van der Waals surface area contributed by atoms with Crippen LogP contribution in [0.15, 0.2) is 36.4 Å². The average molecular weight is 326 g/mol. The third kappa shape index (κ3) is 3.32. The zero-order valence-electron chi connectivity index (χ0n) is 13.5. The summed E-state index contributed by atoms with van der Waals surface area (Å²) in [6, 6.07) is 10.8. The van der Waals surface area contributed by atoms with Gasteiger partial charge in [0.1, 0.15) is 0 Å². The van der Waals surface area contributed by atoms with Crippen LogP contribution in [-0.4, -0.2) is 26.0 Å². The Hall–Kier alpha value is -3.02. The summed E-state index contributed by atoms with van der Waals surface area (Å²) in [6.07, 6.45) is 0.594. The molecule has 6 nitrogen and oxygen atoms in total. The fraction of sp³-hybridized carbons (Fsp3) is 0.222. The summed E-state index contributed by atoms with van der Waals surface area (Å²) in [7, 11) is 3.10. The van der Waals surface area contributed by atoms with Crippen molar-refractivity contribution in [3.8, 4) is 11.5 Å². The lowest BCUT2D eigenvalue weighted by Gasteiger charge is -2.11. The zero-order chi connectivity index (χ0) is 17.1. The number of carbonyl (C=O) groups excluding carboxylic acids is 2. The van der Waals surface area contributed by atoms with E-state index in [-0.39, 0.29) is 18.2 Å². The van der Waals surface area contributed by atoms with E-state index in [2.05, 4.69) is 10.6 Å². The van der Waals surface area contributed by atoms with E-state index in [0.29, 0.717) is 23.6 Å². The first-order valence-corrected chi connectivity index (χ1v) is 7.52. The SMILES string of the molecule is COc1ccc(NC(=O)Cc2ccc3c(c2)CC(=O)N3)cc1OC. The van der Waals surface area contributed by atoms with Crippen molar-refractivity contribution in [3.63, 3.8) is 0 Å². The lowest BCUT2D eigenvalue weighted by atomic mass is 10.1.